The van der Waals surface area contributed by atoms with Crippen LogP contribution in [0.3, 0.4) is 0 Å². The Balaban J connectivity index is 1.67. The van der Waals surface area contributed by atoms with Crippen molar-refractivity contribution in [2.24, 2.45) is 29.1 Å². The standard InChI is InChI=1S/C21H26ClNO/c1-12(11-23)17-6-7-18-15-3-4-16-13(5-8-19(24)20(16)22)14(15)9-10-21(17,18)2/h13-15,18H,3-10H2,1-2H3/t13-,14-,15-,18+,21-/m1/s1. The Morgan fingerprint density at radius 3 is 2.71 bits per heavy atom. The van der Waals surface area contributed by atoms with Gasteiger partial charge < -0.3 is 0 Å². The summed E-state index contributed by atoms with van der Waals surface area (Å²) in [5.41, 5.74) is 3.91. The van der Waals surface area contributed by atoms with Crippen LogP contribution in [0.4, 0.5) is 0 Å². The van der Waals surface area contributed by atoms with Crippen LogP contribution in [0.5, 0.6) is 0 Å². The normalized spacial score (nSPS) is 43.7. The summed E-state index contributed by atoms with van der Waals surface area (Å²) in [5.74, 6) is 2.88. The zero-order valence-electron chi connectivity index (χ0n) is 14.7. The van der Waals surface area contributed by atoms with E-state index in [9.17, 15) is 10.1 Å². The number of carbonyl (C=O) groups excluding carboxylic acids is 1. The third-order valence-corrected chi connectivity index (χ3v) is 8.27. The maximum Gasteiger partial charge on any atom is 0.174 e. The summed E-state index contributed by atoms with van der Waals surface area (Å²) in [6, 6.07) is 2.41. The Morgan fingerprint density at radius 1 is 1.17 bits per heavy atom. The Labute approximate surface area is 149 Å². The van der Waals surface area contributed by atoms with Crippen molar-refractivity contribution < 1.29 is 4.79 Å². The van der Waals surface area contributed by atoms with Gasteiger partial charge in [-0.3, -0.25) is 4.79 Å². The Bertz CT molecular complexity index is 697. The lowest BCUT2D eigenvalue weighted by Gasteiger charge is -2.53. The predicted octanol–water partition coefficient (Wildman–Crippen LogP) is 5.53. The Morgan fingerprint density at radius 2 is 1.96 bits per heavy atom. The van der Waals surface area contributed by atoms with Gasteiger partial charge >= 0.3 is 0 Å². The lowest BCUT2D eigenvalue weighted by atomic mass is 9.52. The third kappa shape index (κ3) is 2.17. The van der Waals surface area contributed by atoms with Gasteiger partial charge in [0.05, 0.1) is 11.1 Å². The number of nitriles is 1. The molecule has 3 fully saturated rings. The number of hydrogen-bond acceptors (Lipinski definition) is 2. The number of fused-ring (bicyclic) bond motifs is 5. The fourth-order valence-corrected chi connectivity index (χ4v) is 7.06. The molecule has 0 saturated heterocycles. The summed E-state index contributed by atoms with van der Waals surface area (Å²) in [6.45, 7) is 4.42. The van der Waals surface area contributed by atoms with E-state index in [4.69, 9.17) is 11.6 Å². The molecule has 4 aliphatic carbocycles. The molecule has 0 aromatic heterocycles. The summed E-state index contributed by atoms with van der Waals surface area (Å²) in [7, 11) is 0. The van der Waals surface area contributed by atoms with Crippen LogP contribution in [-0.4, -0.2) is 5.78 Å². The monoisotopic (exact) mass is 343 g/mol. The second-order valence-corrected chi connectivity index (χ2v) is 8.97. The fraction of sp³-hybridized carbons (Fsp3) is 0.714. The maximum absolute atomic E-state index is 12.0. The second kappa shape index (κ2) is 5.73. The van der Waals surface area contributed by atoms with E-state index in [1.165, 1.54) is 36.8 Å². The molecule has 24 heavy (non-hydrogen) atoms. The number of nitrogens with zero attached hydrogens (tertiary/aromatic N) is 1. The van der Waals surface area contributed by atoms with Crippen molar-refractivity contribution in [2.45, 2.75) is 65.2 Å². The molecule has 0 radical (unpaired) electrons. The van der Waals surface area contributed by atoms with Gasteiger partial charge in [0.25, 0.3) is 0 Å². The van der Waals surface area contributed by atoms with E-state index in [0.717, 1.165) is 30.8 Å². The van der Waals surface area contributed by atoms with Crippen molar-refractivity contribution >= 4 is 17.4 Å². The molecule has 3 saturated carbocycles. The molecule has 0 N–H and O–H groups in total. The average molecular weight is 344 g/mol. The molecule has 0 aliphatic heterocycles. The van der Waals surface area contributed by atoms with Gasteiger partial charge in [-0.2, -0.15) is 5.26 Å². The molecule has 0 bridgehead atoms. The molecule has 4 aliphatic rings. The van der Waals surface area contributed by atoms with Gasteiger partial charge in [0.1, 0.15) is 0 Å². The van der Waals surface area contributed by atoms with Crippen LogP contribution in [-0.2, 0) is 4.79 Å². The van der Waals surface area contributed by atoms with Crippen LogP contribution >= 0.6 is 11.6 Å². The van der Waals surface area contributed by atoms with Crippen LogP contribution < -0.4 is 0 Å². The van der Waals surface area contributed by atoms with Gasteiger partial charge in [-0.15, -0.1) is 0 Å². The Kier molecular flexibility index (Phi) is 3.92. The summed E-state index contributed by atoms with van der Waals surface area (Å²) in [6.07, 6.45) is 8.61. The van der Waals surface area contributed by atoms with Crippen molar-refractivity contribution in [2.75, 3.05) is 0 Å². The number of halogens is 1. The predicted molar refractivity (Wildman–Crippen MR) is 95.2 cm³/mol. The van der Waals surface area contributed by atoms with Crippen molar-refractivity contribution in [3.63, 3.8) is 0 Å². The molecule has 0 aromatic rings. The van der Waals surface area contributed by atoms with E-state index in [-0.39, 0.29) is 11.2 Å². The summed E-state index contributed by atoms with van der Waals surface area (Å²) in [4.78, 5) is 12.0. The van der Waals surface area contributed by atoms with E-state index in [1.807, 2.05) is 6.92 Å². The first-order valence-corrected chi connectivity index (χ1v) is 9.87. The second-order valence-electron chi connectivity index (χ2n) is 8.59. The van der Waals surface area contributed by atoms with Gasteiger partial charge in [0.15, 0.2) is 5.78 Å². The number of ketones is 1. The van der Waals surface area contributed by atoms with Crippen LogP contribution in [0, 0.1) is 40.4 Å². The minimum absolute atomic E-state index is 0.165. The first-order valence-electron chi connectivity index (χ1n) is 9.49. The zero-order chi connectivity index (χ0) is 17.1. The molecule has 0 heterocycles. The highest BCUT2D eigenvalue weighted by atomic mass is 35.5. The van der Waals surface area contributed by atoms with E-state index < -0.39 is 0 Å². The highest BCUT2D eigenvalue weighted by Crippen LogP contribution is 2.64. The van der Waals surface area contributed by atoms with Gasteiger partial charge in [-0.05, 0) is 86.5 Å². The molecular formula is C21H26ClNO. The number of allylic oxidation sites excluding steroid dienone is 3. The molecule has 3 heteroatoms. The first kappa shape index (κ1) is 16.4. The molecule has 128 valence electrons. The van der Waals surface area contributed by atoms with Crippen molar-refractivity contribution in [1.82, 2.24) is 0 Å². The maximum atomic E-state index is 12.0. The summed E-state index contributed by atoms with van der Waals surface area (Å²) >= 11 is 6.38. The minimum atomic E-state index is 0.165. The third-order valence-electron chi connectivity index (χ3n) is 7.82. The smallest absolute Gasteiger partial charge is 0.174 e. The number of carbonyl (C=O) groups is 1. The van der Waals surface area contributed by atoms with Crippen molar-refractivity contribution in [3.8, 4) is 6.07 Å². The summed E-state index contributed by atoms with van der Waals surface area (Å²) in [5, 5.41) is 9.95. The van der Waals surface area contributed by atoms with Crippen molar-refractivity contribution in [3.05, 3.63) is 21.8 Å². The van der Waals surface area contributed by atoms with E-state index >= 15 is 0 Å². The molecule has 0 spiro atoms. The van der Waals surface area contributed by atoms with Gasteiger partial charge in [-0.1, -0.05) is 24.1 Å². The van der Waals surface area contributed by atoms with E-state index in [0.29, 0.717) is 29.2 Å². The molecule has 0 unspecified atom stereocenters. The van der Waals surface area contributed by atoms with Crippen LogP contribution in [0.25, 0.3) is 0 Å². The average Bonchev–Trinajstić information content (AvgIpc) is 2.94. The molecule has 4 rings (SSSR count). The molecule has 0 aromatic carbocycles. The Hall–Kier alpha value is -1.07. The van der Waals surface area contributed by atoms with Gasteiger partial charge in [0, 0.05) is 12.0 Å². The topological polar surface area (TPSA) is 40.9 Å². The van der Waals surface area contributed by atoms with Gasteiger partial charge in [0.2, 0.25) is 0 Å². The number of rotatable bonds is 0. The summed E-state index contributed by atoms with van der Waals surface area (Å²) < 4.78 is 0. The van der Waals surface area contributed by atoms with Crippen LogP contribution in [0.1, 0.15) is 65.2 Å². The lowest BCUT2D eigenvalue weighted by molar-refractivity contribution is -0.116. The molecular weight excluding hydrogens is 318 g/mol. The van der Waals surface area contributed by atoms with E-state index in [1.54, 1.807) is 0 Å². The largest absolute Gasteiger partial charge is 0.293 e. The highest BCUT2D eigenvalue weighted by molar-refractivity contribution is 6.43. The quantitative estimate of drug-likeness (QED) is 0.542. The first-order chi connectivity index (χ1) is 11.5. The zero-order valence-corrected chi connectivity index (χ0v) is 15.5. The molecule has 5 atom stereocenters. The molecule has 2 nitrogen and oxygen atoms in total. The van der Waals surface area contributed by atoms with Crippen LogP contribution in [0.15, 0.2) is 21.8 Å². The fourth-order valence-electron chi connectivity index (χ4n) is 6.73. The minimum Gasteiger partial charge on any atom is -0.293 e. The van der Waals surface area contributed by atoms with Gasteiger partial charge in [-0.25, -0.2) is 0 Å². The van der Waals surface area contributed by atoms with Crippen molar-refractivity contribution in [1.29, 1.82) is 5.26 Å². The number of hydrogen-bond donors (Lipinski definition) is 0. The number of Topliss-reactive ketones (excluding diaryl/α,β-unsaturated/α-hetero) is 1. The SMILES string of the molecule is CC(C#N)=C1CC[C@H]2[C@@H]3CCC4=C(Cl)C(=O)CC[C@@H]4[C@H]3CC[C@]12C. The lowest BCUT2D eigenvalue weighted by Crippen LogP contribution is -2.45. The highest BCUT2D eigenvalue weighted by Gasteiger charge is 2.55. The molecule has 0 amide bonds. The van der Waals surface area contributed by atoms with Crippen LogP contribution in [0.2, 0.25) is 0 Å². The van der Waals surface area contributed by atoms with E-state index in [2.05, 4.69) is 13.0 Å².